The normalized spacial score (nSPS) is 19.4. The zero-order valence-corrected chi connectivity index (χ0v) is 18.6. The number of hydroxylamine groups is 3. The van der Waals surface area contributed by atoms with Gasteiger partial charge in [-0.25, -0.2) is 14.0 Å². The SMILES string of the molecule is Cc1oc(=O)oc1C[N+]1([O-])CCN(c2cc3c(cc2F)c(=O)c(C(=O)O)c2n3C(C)S2)CC1. The third-order valence-electron chi connectivity index (χ3n) is 6.25. The van der Waals surface area contributed by atoms with Gasteiger partial charge in [-0.2, -0.15) is 0 Å². The number of hydrogen-bond donors (Lipinski definition) is 1. The number of carboxylic acid groups (broad SMARTS) is 1. The fourth-order valence-electron chi connectivity index (χ4n) is 4.48. The van der Waals surface area contributed by atoms with Crippen LogP contribution in [0, 0.1) is 17.9 Å². The molecule has 4 heterocycles. The lowest BCUT2D eigenvalue weighted by Gasteiger charge is -2.48. The first kappa shape index (κ1) is 21.7. The number of pyridine rings is 1. The van der Waals surface area contributed by atoms with Gasteiger partial charge in [-0.1, -0.05) is 11.8 Å². The Morgan fingerprint density at radius 1 is 1.30 bits per heavy atom. The molecule has 0 bridgehead atoms. The second-order valence-electron chi connectivity index (χ2n) is 8.31. The highest BCUT2D eigenvalue weighted by Gasteiger charge is 2.34. The Bertz CT molecular complexity index is 1420. The van der Waals surface area contributed by atoms with E-state index in [4.69, 9.17) is 8.83 Å². The number of carbonyl (C=O) groups is 1. The standard InChI is InChI=1S/C21H20FN3O7S/c1-10-16(32-21(29)31-10)9-25(30)5-3-23(4-6-25)15-8-14-12(7-13(15)22)18(26)17(20(27)28)19-24(14)11(2)33-19/h7-8,11H,3-6,9H2,1-2H3,(H,27,28). The average molecular weight is 477 g/mol. The Labute approximate surface area is 190 Å². The number of fused-ring (bicyclic) bond motifs is 3. The van der Waals surface area contributed by atoms with E-state index >= 15 is 4.39 Å². The summed E-state index contributed by atoms with van der Waals surface area (Å²) in [6, 6.07) is 2.64. The molecular weight excluding hydrogens is 457 g/mol. The molecule has 2 aromatic heterocycles. The van der Waals surface area contributed by atoms with E-state index in [1.165, 1.54) is 11.8 Å². The minimum Gasteiger partial charge on any atom is -0.632 e. The molecule has 2 aliphatic rings. The molecule has 1 N–H and O–H groups in total. The van der Waals surface area contributed by atoms with E-state index in [1.54, 1.807) is 22.5 Å². The van der Waals surface area contributed by atoms with E-state index in [2.05, 4.69) is 0 Å². The smallest absolute Gasteiger partial charge is 0.519 e. The number of hydrogen-bond acceptors (Lipinski definition) is 8. The Kier molecular flexibility index (Phi) is 4.92. The van der Waals surface area contributed by atoms with E-state index in [9.17, 15) is 24.7 Å². The van der Waals surface area contributed by atoms with Gasteiger partial charge in [0.15, 0.2) is 5.76 Å². The number of aromatic carboxylic acids is 1. The molecule has 3 aromatic rings. The molecule has 1 atom stereocenters. The Hall–Kier alpha value is -3.09. The van der Waals surface area contributed by atoms with Crippen molar-refractivity contribution in [3.63, 3.8) is 0 Å². The van der Waals surface area contributed by atoms with E-state index < -0.39 is 27.7 Å². The highest BCUT2D eigenvalue weighted by molar-refractivity contribution is 8.00. The number of rotatable bonds is 4. The lowest BCUT2D eigenvalue weighted by molar-refractivity contribution is -0.895. The monoisotopic (exact) mass is 477 g/mol. The van der Waals surface area contributed by atoms with Gasteiger partial charge in [0.25, 0.3) is 0 Å². The minimum absolute atomic E-state index is 0.0148. The predicted molar refractivity (Wildman–Crippen MR) is 117 cm³/mol. The summed E-state index contributed by atoms with van der Waals surface area (Å²) in [5.41, 5.74) is -0.335. The number of piperazine rings is 1. The van der Waals surface area contributed by atoms with Crippen molar-refractivity contribution in [2.45, 2.75) is 30.8 Å². The quantitative estimate of drug-likeness (QED) is 0.445. The molecule has 12 heteroatoms. The summed E-state index contributed by atoms with van der Waals surface area (Å²) in [5, 5.41) is 22.9. The molecule has 1 aromatic carbocycles. The second kappa shape index (κ2) is 7.47. The van der Waals surface area contributed by atoms with Crippen LogP contribution in [0.1, 0.15) is 34.2 Å². The maximum Gasteiger partial charge on any atom is 0.519 e. The van der Waals surface area contributed by atoms with Gasteiger partial charge < -0.3 is 33.3 Å². The van der Waals surface area contributed by atoms with Crippen LogP contribution in [0.15, 0.2) is 35.6 Å². The van der Waals surface area contributed by atoms with Crippen molar-refractivity contribution in [2.24, 2.45) is 0 Å². The summed E-state index contributed by atoms with van der Waals surface area (Å²) >= 11 is 1.28. The fraction of sp³-hybridized carbons (Fsp3) is 0.381. The molecule has 1 unspecified atom stereocenters. The second-order valence-corrected chi connectivity index (χ2v) is 9.61. The number of aromatic nitrogens is 1. The number of benzene rings is 1. The average Bonchev–Trinajstić information content (AvgIpc) is 3.04. The van der Waals surface area contributed by atoms with E-state index in [-0.39, 0.29) is 66.3 Å². The van der Waals surface area contributed by atoms with Crippen molar-refractivity contribution in [2.75, 3.05) is 31.1 Å². The Balaban J connectivity index is 1.47. The van der Waals surface area contributed by atoms with Crippen molar-refractivity contribution in [3.05, 3.63) is 61.1 Å². The minimum atomic E-state index is -1.33. The molecule has 0 saturated carbocycles. The van der Waals surface area contributed by atoms with Crippen LogP contribution in [0.4, 0.5) is 10.1 Å². The topological polar surface area (TPSA) is 129 Å². The molecule has 1 fully saturated rings. The lowest BCUT2D eigenvalue weighted by atomic mass is 10.1. The van der Waals surface area contributed by atoms with Gasteiger partial charge in [0.05, 0.1) is 47.8 Å². The Morgan fingerprint density at radius 3 is 2.58 bits per heavy atom. The number of nitrogens with zero attached hydrogens (tertiary/aromatic N) is 3. The highest BCUT2D eigenvalue weighted by Crippen LogP contribution is 2.46. The van der Waals surface area contributed by atoms with Gasteiger partial charge in [0.1, 0.15) is 17.9 Å². The van der Waals surface area contributed by atoms with Crippen LogP contribution >= 0.6 is 11.8 Å². The zero-order valence-electron chi connectivity index (χ0n) is 17.8. The molecule has 5 rings (SSSR count). The number of carboxylic acids is 1. The van der Waals surface area contributed by atoms with Gasteiger partial charge in [-0.15, -0.1) is 0 Å². The summed E-state index contributed by atoms with van der Waals surface area (Å²) < 4.78 is 25.9. The first-order valence-corrected chi connectivity index (χ1v) is 11.2. The number of thioether (sulfide) groups is 1. The molecular formula is C21H20FN3O7S. The van der Waals surface area contributed by atoms with E-state index in [0.29, 0.717) is 10.5 Å². The van der Waals surface area contributed by atoms with Gasteiger partial charge >= 0.3 is 11.8 Å². The largest absolute Gasteiger partial charge is 0.632 e. The number of halogens is 1. The van der Waals surface area contributed by atoms with Crippen molar-refractivity contribution >= 4 is 34.3 Å². The van der Waals surface area contributed by atoms with Crippen molar-refractivity contribution < 1.29 is 27.8 Å². The molecule has 33 heavy (non-hydrogen) atoms. The maximum atomic E-state index is 15.1. The number of quaternary nitrogens is 1. The first-order valence-electron chi connectivity index (χ1n) is 10.3. The molecule has 1 saturated heterocycles. The third-order valence-corrected chi connectivity index (χ3v) is 7.43. The molecule has 0 spiro atoms. The van der Waals surface area contributed by atoms with Gasteiger partial charge in [-0.3, -0.25) is 4.79 Å². The van der Waals surface area contributed by atoms with Crippen LogP contribution in [0.3, 0.4) is 0 Å². The molecule has 0 radical (unpaired) electrons. The first-order chi connectivity index (χ1) is 15.6. The Morgan fingerprint density at radius 2 is 2.00 bits per heavy atom. The van der Waals surface area contributed by atoms with Gasteiger partial charge in [0, 0.05) is 5.39 Å². The molecule has 10 nitrogen and oxygen atoms in total. The number of anilines is 1. The summed E-state index contributed by atoms with van der Waals surface area (Å²) in [4.78, 5) is 37.3. The summed E-state index contributed by atoms with van der Waals surface area (Å²) in [6.07, 6.45) is 0. The zero-order chi connectivity index (χ0) is 23.7. The number of aryl methyl sites for hydroxylation is 1. The van der Waals surface area contributed by atoms with Crippen LogP contribution in [-0.2, 0) is 6.54 Å². The molecule has 174 valence electrons. The lowest BCUT2D eigenvalue weighted by Crippen LogP contribution is -2.55. The van der Waals surface area contributed by atoms with Crippen molar-refractivity contribution in [1.82, 2.24) is 4.57 Å². The molecule has 2 aliphatic heterocycles. The van der Waals surface area contributed by atoms with Gasteiger partial charge in [0.2, 0.25) is 11.2 Å². The summed E-state index contributed by atoms with van der Waals surface area (Å²) in [7, 11) is 0. The maximum absolute atomic E-state index is 15.1. The summed E-state index contributed by atoms with van der Waals surface area (Å²) in [5.74, 6) is -2.36. The van der Waals surface area contributed by atoms with Crippen LogP contribution < -0.4 is 16.2 Å². The van der Waals surface area contributed by atoms with E-state index in [0.717, 1.165) is 6.07 Å². The van der Waals surface area contributed by atoms with Crippen molar-refractivity contribution in [3.8, 4) is 0 Å². The highest BCUT2D eigenvalue weighted by atomic mass is 32.2. The molecule has 0 aliphatic carbocycles. The van der Waals surface area contributed by atoms with E-state index in [1.807, 2.05) is 6.92 Å². The summed E-state index contributed by atoms with van der Waals surface area (Å²) in [6.45, 7) is 4.14. The van der Waals surface area contributed by atoms with Crippen molar-refractivity contribution in [1.29, 1.82) is 0 Å². The van der Waals surface area contributed by atoms with Crippen LogP contribution in [-0.4, -0.2) is 46.5 Å². The van der Waals surface area contributed by atoms with Gasteiger partial charge in [-0.05, 0) is 26.0 Å². The predicted octanol–water partition coefficient (Wildman–Crippen LogP) is 2.65. The fourth-order valence-corrected chi connectivity index (χ4v) is 5.63. The van der Waals surface area contributed by atoms with Crippen LogP contribution in [0.2, 0.25) is 0 Å². The molecule has 0 amide bonds. The van der Waals surface area contributed by atoms with Crippen LogP contribution in [0.5, 0.6) is 0 Å². The third kappa shape index (κ3) is 3.45. The van der Waals surface area contributed by atoms with Crippen LogP contribution in [0.25, 0.3) is 10.9 Å².